The van der Waals surface area contributed by atoms with E-state index in [1.807, 2.05) is 19.1 Å². The molecule has 0 aliphatic heterocycles. The van der Waals surface area contributed by atoms with Crippen LogP contribution in [-0.2, 0) is 0 Å². The number of nitrogens with one attached hydrogen (secondary N) is 1. The smallest absolute Gasteiger partial charge is 0.252 e. The van der Waals surface area contributed by atoms with Crippen LogP contribution in [-0.4, -0.2) is 17.8 Å². The second kappa shape index (κ2) is 7.80. The zero-order valence-electron chi connectivity index (χ0n) is 10.8. The molecule has 18 heavy (non-hydrogen) atoms. The highest BCUT2D eigenvalue weighted by molar-refractivity contribution is 9.09. The van der Waals surface area contributed by atoms with Crippen LogP contribution >= 0.6 is 27.5 Å². The van der Waals surface area contributed by atoms with E-state index in [9.17, 15) is 4.79 Å². The molecule has 0 fully saturated rings. The maximum Gasteiger partial charge on any atom is 0.252 e. The molecule has 0 aromatic heterocycles. The summed E-state index contributed by atoms with van der Waals surface area (Å²) in [5.41, 5.74) is 1.61. The zero-order valence-corrected chi connectivity index (χ0v) is 13.1. The van der Waals surface area contributed by atoms with Gasteiger partial charge in [0, 0.05) is 11.9 Å². The van der Waals surface area contributed by atoms with E-state index in [-0.39, 0.29) is 5.91 Å². The van der Waals surface area contributed by atoms with Gasteiger partial charge in [0.15, 0.2) is 0 Å². The molecule has 0 radical (unpaired) electrons. The Hall–Kier alpha value is -0.540. The van der Waals surface area contributed by atoms with Gasteiger partial charge in [-0.1, -0.05) is 40.5 Å². The van der Waals surface area contributed by atoms with Crippen molar-refractivity contribution in [3.63, 3.8) is 0 Å². The zero-order chi connectivity index (χ0) is 13.5. The van der Waals surface area contributed by atoms with Gasteiger partial charge in [0.25, 0.3) is 5.91 Å². The van der Waals surface area contributed by atoms with Crippen molar-refractivity contribution >= 4 is 33.4 Å². The van der Waals surface area contributed by atoms with Crippen molar-refractivity contribution in [2.75, 3.05) is 11.9 Å². The molecular weight excluding hydrogens is 314 g/mol. The molecule has 1 aromatic carbocycles. The lowest BCUT2D eigenvalue weighted by atomic mass is 10.1. The first-order chi connectivity index (χ1) is 8.54. The van der Waals surface area contributed by atoms with E-state index in [4.69, 9.17) is 11.6 Å². The largest absolute Gasteiger partial charge is 0.352 e. The molecule has 0 bridgehead atoms. The highest BCUT2D eigenvalue weighted by Gasteiger charge is 2.09. The van der Waals surface area contributed by atoms with Gasteiger partial charge in [-0.25, -0.2) is 0 Å². The number of rotatable bonds is 6. The first-order valence-electron chi connectivity index (χ1n) is 6.15. The number of hydrogen-bond acceptors (Lipinski definition) is 1. The fourth-order valence-corrected chi connectivity index (χ4v) is 2.27. The van der Waals surface area contributed by atoms with Gasteiger partial charge in [-0.3, -0.25) is 4.79 Å². The minimum Gasteiger partial charge on any atom is -0.352 e. The predicted octanol–water partition coefficient (Wildman–Crippen LogP) is 4.19. The van der Waals surface area contributed by atoms with E-state index in [1.165, 1.54) is 0 Å². The number of aryl methyl sites for hydroxylation is 1. The Labute approximate surface area is 122 Å². The van der Waals surface area contributed by atoms with Gasteiger partial charge in [-0.05, 0) is 43.4 Å². The summed E-state index contributed by atoms with van der Waals surface area (Å²) in [4.78, 5) is 11.9. The molecule has 0 saturated heterocycles. The normalized spacial score (nSPS) is 12.2. The van der Waals surface area contributed by atoms with Gasteiger partial charge in [0.2, 0.25) is 0 Å². The molecule has 1 N–H and O–H groups in total. The molecule has 2 nitrogen and oxygen atoms in total. The summed E-state index contributed by atoms with van der Waals surface area (Å²) in [5, 5.41) is 4.42. The van der Waals surface area contributed by atoms with Gasteiger partial charge in [-0.15, -0.1) is 0 Å². The van der Waals surface area contributed by atoms with Crippen LogP contribution in [0.1, 0.15) is 35.7 Å². The number of benzene rings is 1. The van der Waals surface area contributed by atoms with Crippen LogP contribution in [0.4, 0.5) is 0 Å². The van der Waals surface area contributed by atoms with Gasteiger partial charge in [-0.2, -0.15) is 0 Å². The van der Waals surface area contributed by atoms with Crippen molar-refractivity contribution in [3.8, 4) is 0 Å². The minimum atomic E-state index is -0.0912. The number of alkyl halides is 1. The van der Waals surface area contributed by atoms with Crippen LogP contribution in [0.3, 0.4) is 0 Å². The highest BCUT2D eigenvalue weighted by Crippen LogP contribution is 2.17. The van der Waals surface area contributed by atoms with E-state index >= 15 is 0 Å². The summed E-state index contributed by atoms with van der Waals surface area (Å²) in [5.74, 6) is 0.552. The van der Waals surface area contributed by atoms with E-state index in [1.54, 1.807) is 6.07 Å². The SMILES string of the molecule is Cc1ccc(C(=O)NCCCC(C)CBr)c(Cl)c1. The van der Waals surface area contributed by atoms with Gasteiger partial charge >= 0.3 is 0 Å². The second-order valence-corrected chi connectivity index (χ2v) is 5.70. The molecule has 1 aromatic rings. The van der Waals surface area contributed by atoms with Crippen LogP contribution in [0.2, 0.25) is 5.02 Å². The molecule has 0 heterocycles. The average molecular weight is 333 g/mol. The quantitative estimate of drug-likeness (QED) is 0.614. The molecule has 0 aliphatic rings. The van der Waals surface area contributed by atoms with Crippen molar-refractivity contribution in [1.29, 1.82) is 0 Å². The summed E-state index contributed by atoms with van der Waals surface area (Å²) >= 11 is 9.49. The Morgan fingerprint density at radius 1 is 1.50 bits per heavy atom. The van der Waals surface area contributed by atoms with E-state index in [0.717, 1.165) is 23.7 Å². The predicted molar refractivity (Wildman–Crippen MR) is 80.7 cm³/mol. The van der Waals surface area contributed by atoms with E-state index < -0.39 is 0 Å². The van der Waals surface area contributed by atoms with Crippen molar-refractivity contribution in [1.82, 2.24) is 5.32 Å². The number of carbonyl (C=O) groups excluding carboxylic acids is 1. The molecule has 100 valence electrons. The molecule has 1 amide bonds. The van der Waals surface area contributed by atoms with Crippen molar-refractivity contribution < 1.29 is 4.79 Å². The van der Waals surface area contributed by atoms with Crippen LogP contribution in [0.25, 0.3) is 0 Å². The van der Waals surface area contributed by atoms with Gasteiger partial charge in [0.05, 0.1) is 10.6 Å². The Balaban J connectivity index is 2.41. The molecule has 0 aliphatic carbocycles. The van der Waals surface area contributed by atoms with Crippen LogP contribution in [0, 0.1) is 12.8 Å². The maximum atomic E-state index is 11.9. The van der Waals surface area contributed by atoms with Crippen molar-refractivity contribution in [2.45, 2.75) is 26.7 Å². The van der Waals surface area contributed by atoms with Crippen molar-refractivity contribution in [3.05, 3.63) is 34.3 Å². The Bertz CT molecular complexity index is 409. The summed E-state index contributed by atoms with van der Waals surface area (Å²) in [6.07, 6.45) is 2.09. The number of hydrogen-bond donors (Lipinski definition) is 1. The molecule has 0 spiro atoms. The fourth-order valence-electron chi connectivity index (χ4n) is 1.63. The lowest BCUT2D eigenvalue weighted by Gasteiger charge is -2.09. The Morgan fingerprint density at radius 2 is 2.22 bits per heavy atom. The topological polar surface area (TPSA) is 29.1 Å². The number of halogens is 2. The Kier molecular flexibility index (Phi) is 6.72. The summed E-state index contributed by atoms with van der Waals surface area (Å²) in [6, 6.07) is 5.48. The first kappa shape index (κ1) is 15.5. The standard InChI is InChI=1S/C14H19BrClNO/c1-10-5-6-12(13(16)8-10)14(18)17-7-3-4-11(2)9-15/h5-6,8,11H,3-4,7,9H2,1-2H3,(H,17,18). The van der Waals surface area contributed by atoms with Crippen molar-refractivity contribution in [2.24, 2.45) is 5.92 Å². The molecule has 1 atom stereocenters. The lowest BCUT2D eigenvalue weighted by molar-refractivity contribution is 0.0952. The first-order valence-corrected chi connectivity index (χ1v) is 7.65. The Morgan fingerprint density at radius 3 is 2.83 bits per heavy atom. The molecule has 0 saturated carbocycles. The molecule has 1 rings (SSSR count). The third kappa shape index (κ3) is 4.99. The van der Waals surface area contributed by atoms with E-state index in [0.29, 0.717) is 23.0 Å². The lowest BCUT2D eigenvalue weighted by Crippen LogP contribution is -2.25. The van der Waals surface area contributed by atoms with Gasteiger partial charge < -0.3 is 5.32 Å². The number of carbonyl (C=O) groups is 1. The summed E-state index contributed by atoms with van der Waals surface area (Å²) < 4.78 is 0. The fraction of sp³-hybridized carbons (Fsp3) is 0.500. The third-order valence-corrected chi connectivity index (χ3v) is 4.21. The number of amides is 1. The maximum absolute atomic E-state index is 11.9. The summed E-state index contributed by atoms with van der Waals surface area (Å²) in [6.45, 7) is 4.84. The van der Waals surface area contributed by atoms with E-state index in [2.05, 4.69) is 28.2 Å². The minimum absolute atomic E-state index is 0.0912. The average Bonchev–Trinajstić information content (AvgIpc) is 2.34. The monoisotopic (exact) mass is 331 g/mol. The molecule has 4 heteroatoms. The van der Waals surface area contributed by atoms with Crippen LogP contribution in [0.15, 0.2) is 18.2 Å². The van der Waals surface area contributed by atoms with Gasteiger partial charge in [0.1, 0.15) is 0 Å². The molecule has 1 unspecified atom stereocenters. The second-order valence-electron chi connectivity index (χ2n) is 4.64. The van der Waals surface area contributed by atoms with Crippen LogP contribution < -0.4 is 5.32 Å². The summed E-state index contributed by atoms with van der Waals surface area (Å²) in [7, 11) is 0. The highest BCUT2D eigenvalue weighted by atomic mass is 79.9. The van der Waals surface area contributed by atoms with Crippen LogP contribution in [0.5, 0.6) is 0 Å². The molecular formula is C14H19BrClNO. The third-order valence-electron chi connectivity index (χ3n) is 2.79.